The van der Waals surface area contributed by atoms with Crippen LogP contribution in [0.5, 0.6) is 0 Å². The lowest BCUT2D eigenvalue weighted by Crippen LogP contribution is -2.29. The SMILES string of the molecule is c1ccc(-c2cccc(N3c4cc(-c5ccccc5)ccc4C4c5ccc(N(c6ccccc6)c6ccccc6)cc5N(c5ccccc5)c5cccc3c54)c2)cc1. The molecule has 2 heterocycles. The molecule has 3 heteroatoms. The van der Waals surface area contributed by atoms with E-state index < -0.39 is 0 Å². The molecule has 2 aliphatic heterocycles. The van der Waals surface area contributed by atoms with Crippen LogP contribution in [0.3, 0.4) is 0 Å². The Morgan fingerprint density at radius 2 is 0.741 bits per heavy atom. The van der Waals surface area contributed by atoms with Gasteiger partial charge in [0.15, 0.2) is 0 Å². The zero-order valence-corrected chi connectivity index (χ0v) is 31.9. The van der Waals surface area contributed by atoms with E-state index in [0.717, 1.165) is 28.4 Å². The second kappa shape index (κ2) is 14.1. The highest BCUT2D eigenvalue weighted by atomic mass is 15.2. The Kier molecular flexibility index (Phi) is 8.22. The predicted molar refractivity (Wildman–Crippen MR) is 242 cm³/mol. The topological polar surface area (TPSA) is 9.72 Å². The lowest BCUT2D eigenvalue weighted by molar-refractivity contribution is 0.908. The minimum absolute atomic E-state index is 0.00509. The first-order valence-electron chi connectivity index (χ1n) is 20.0. The lowest BCUT2D eigenvalue weighted by Gasteiger charge is -2.45. The molecule has 0 aromatic heterocycles. The zero-order chi connectivity index (χ0) is 38.4. The summed E-state index contributed by atoms with van der Waals surface area (Å²) in [5, 5.41) is 0. The molecule has 0 fully saturated rings. The van der Waals surface area contributed by atoms with E-state index in [4.69, 9.17) is 0 Å². The Balaban J connectivity index is 1.17. The molecule has 0 saturated carbocycles. The highest BCUT2D eigenvalue weighted by molar-refractivity contribution is 5.98. The number of anilines is 9. The molecule has 274 valence electrons. The minimum atomic E-state index is 0.00509. The maximum atomic E-state index is 2.50. The van der Waals surface area contributed by atoms with E-state index in [-0.39, 0.29) is 5.92 Å². The molecule has 3 nitrogen and oxygen atoms in total. The van der Waals surface area contributed by atoms with Crippen LogP contribution in [-0.4, -0.2) is 0 Å². The molecule has 9 aromatic carbocycles. The summed E-state index contributed by atoms with van der Waals surface area (Å²) in [4.78, 5) is 7.33. The number of para-hydroxylation sites is 3. The van der Waals surface area contributed by atoms with E-state index in [0.29, 0.717) is 0 Å². The molecule has 0 N–H and O–H groups in total. The Bertz CT molecular complexity index is 2850. The number of hydrogen-bond acceptors (Lipinski definition) is 3. The molecule has 0 amide bonds. The molecule has 11 rings (SSSR count). The number of fused-ring (bicyclic) bond motifs is 4. The Morgan fingerprint density at radius 1 is 0.293 bits per heavy atom. The Hall–Kier alpha value is -7.62. The van der Waals surface area contributed by atoms with Crippen molar-refractivity contribution in [3.8, 4) is 22.3 Å². The maximum Gasteiger partial charge on any atom is 0.0524 e. The smallest absolute Gasteiger partial charge is 0.0524 e. The summed E-state index contributed by atoms with van der Waals surface area (Å²) in [6.07, 6.45) is 0. The van der Waals surface area contributed by atoms with Gasteiger partial charge in [0, 0.05) is 39.9 Å². The Morgan fingerprint density at radius 3 is 1.34 bits per heavy atom. The van der Waals surface area contributed by atoms with E-state index in [1.54, 1.807) is 0 Å². The third kappa shape index (κ3) is 5.67. The Labute approximate surface area is 340 Å². The first kappa shape index (κ1) is 33.7. The van der Waals surface area contributed by atoms with Gasteiger partial charge in [-0.3, -0.25) is 0 Å². The fraction of sp³-hybridized carbons (Fsp3) is 0.0182. The first-order valence-corrected chi connectivity index (χ1v) is 20.0. The van der Waals surface area contributed by atoms with Gasteiger partial charge in [0.1, 0.15) is 0 Å². The van der Waals surface area contributed by atoms with E-state index in [1.807, 2.05) is 0 Å². The van der Waals surface area contributed by atoms with Crippen LogP contribution in [0.2, 0.25) is 0 Å². The summed E-state index contributed by atoms with van der Waals surface area (Å²) < 4.78 is 0. The van der Waals surface area contributed by atoms with Crippen molar-refractivity contribution in [3.05, 3.63) is 247 Å². The molecule has 0 radical (unpaired) electrons. The van der Waals surface area contributed by atoms with Crippen LogP contribution in [0.4, 0.5) is 51.2 Å². The maximum absolute atomic E-state index is 2.50. The van der Waals surface area contributed by atoms with Crippen molar-refractivity contribution < 1.29 is 0 Å². The standard InChI is InChI=1S/C55H39N3/c1-6-18-39(19-7-1)41-22-16-29-46(36-41)58-51-31-17-30-50-55(51)54(48-34-32-42(37-52(48)58)40-20-8-2-9-21-40)49-35-33-47(38-53(49)57(50)45-27-14-5-15-28-45)56(43-23-10-3-11-24-43)44-25-12-4-13-26-44/h1-38,54H. The molecule has 0 bridgehead atoms. The van der Waals surface area contributed by atoms with Crippen molar-refractivity contribution in [1.29, 1.82) is 0 Å². The molecular formula is C55H39N3. The molecule has 9 aromatic rings. The molecule has 1 unspecified atom stereocenters. The highest BCUT2D eigenvalue weighted by Gasteiger charge is 2.41. The van der Waals surface area contributed by atoms with Crippen molar-refractivity contribution in [2.45, 2.75) is 5.92 Å². The van der Waals surface area contributed by atoms with Gasteiger partial charge in [-0.1, -0.05) is 152 Å². The number of hydrogen-bond donors (Lipinski definition) is 0. The van der Waals surface area contributed by atoms with Gasteiger partial charge in [0.05, 0.1) is 22.7 Å². The van der Waals surface area contributed by atoms with Crippen LogP contribution in [0, 0.1) is 0 Å². The van der Waals surface area contributed by atoms with E-state index in [2.05, 4.69) is 245 Å². The van der Waals surface area contributed by atoms with Gasteiger partial charge in [-0.05, 0) is 112 Å². The van der Waals surface area contributed by atoms with Crippen molar-refractivity contribution in [3.63, 3.8) is 0 Å². The fourth-order valence-corrected chi connectivity index (χ4v) is 9.06. The summed E-state index contributed by atoms with van der Waals surface area (Å²) in [5.74, 6) is 0.00509. The summed E-state index contributed by atoms with van der Waals surface area (Å²) in [5.41, 5.74) is 19.0. The number of nitrogens with zero attached hydrogens (tertiary/aromatic N) is 3. The van der Waals surface area contributed by atoms with Crippen molar-refractivity contribution in [1.82, 2.24) is 0 Å². The van der Waals surface area contributed by atoms with E-state index in [1.165, 1.54) is 61.7 Å². The number of benzene rings is 9. The summed E-state index contributed by atoms with van der Waals surface area (Å²) >= 11 is 0. The largest absolute Gasteiger partial charge is 0.310 e. The van der Waals surface area contributed by atoms with Gasteiger partial charge in [0.25, 0.3) is 0 Å². The zero-order valence-electron chi connectivity index (χ0n) is 31.9. The van der Waals surface area contributed by atoms with Crippen LogP contribution >= 0.6 is 0 Å². The predicted octanol–water partition coefficient (Wildman–Crippen LogP) is 15.2. The second-order valence-corrected chi connectivity index (χ2v) is 15.0. The van der Waals surface area contributed by atoms with Crippen LogP contribution in [0.15, 0.2) is 231 Å². The monoisotopic (exact) mass is 741 g/mol. The van der Waals surface area contributed by atoms with Crippen molar-refractivity contribution in [2.24, 2.45) is 0 Å². The first-order chi connectivity index (χ1) is 28.8. The summed E-state index contributed by atoms with van der Waals surface area (Å²) in [7, 11) is 0. The van der Waals surface area contributed by atoms with Crippen LogP contribution < -0.4 is 14.7 Å². The number of rotatable bonds is 7. The fourth-order valence-electron chi connectivity index (χ4n) is 9.06. The van der Waals surface area contributed by atoms with E-state index in [9.17, 15) is 0 Å². The molecule has 0 spiro atoms. The summed E-state index contributed by atoms with van der Waals surface area (Å²) in [6, 6.07) is 83.7. The third-order valence-corrected chi connectivity index (χ3v) is 11.6. The van der Waals surface area contributed by atoms with Crippen LogP contribution in [0.1, 0.15) is 22.6 Å². The van der Waals surface area contributed by atoms with Gasteiger partial charge in [-0.25, -0.2) is 0 Å². The molecule has 2 aliphatic rings. The summed E-state index contributed by atoms with van der Waals surface area (Å²) in [6.45, 7) is 0. The highest BCUT2D eigenvalue weighted by Crippen LogP contribution is 2.61. The average molecular weight is 742 g/mol. The van der Waals surface area contributed by atoms with E-state index >= 15 is 0 Å². The minimum Gasteiger partial charge on any atom is -0.310 e. The molecule has 58 heavy (non-hydrogen) atoms. The van der Waals surface area contributed by atoms with Gasteiger partial charge in [0.2, 0.25) is 0 Å². The van der Waals surface area contributed by atoms with Crippen LogP contribution in [0.25, 0.3) is 22.3 Å². The van der Waals surface area contributed by atoms with Crippen LogP contribution in [-0.2, 0) is 0 Å². The van der Waals surface area contributed by atoms with Crippen molar-refractivity contribution in [2.75, 3.05) is 14.7 Å². The van der Waals surface area contributed by atoms with Gasteiger partial charge in [-0.2, -0.15) is 0 Å². The normalized spacial score (nSPS) is 13.6. The molecule has 1 atom stereocenters. The lowest BCUT2D eigenvalue weighted by atomic mass is 9.75. The molecular weight excluding hydrogens is 703 g/mol. The molecule has 0 saturated heterocycles. The van der Waals surface area contributed by atoms with Gasteiger partial charge < -0.3 is 14.7 Å². The quantitative estimate of drug-likeness (QED) is 0.161. The van der Waals surface area contributed by atoms with Gasteiger partial charge >= 0.3 is 0 Å². The average Bonchev–Trinajstić information content (AvgIpc) is 3.30. The van der Waals surface area contributed by atoms with Crippen molar-refractivity contribution >= 4 is 51.2 Å². The second-order valence-electron chi connectivity index (χ2n) is 15.0. The third-order valence-electron chi connectivity index (χ3n) is 11.6. The van der Waals surface area contributed by atoms with Gasteiger partial charge in [-0.15, -0.1) is 0 Å². The molecule has 0 aliphatic carbocycles.